The van der Waals surface area contributed by atoms with Crippen LogP contribution >= 0.6 is 0 Å². The maximum absolute atomic E-state index is 11.9. The van der Waals surface area contributed by atoms with Crippen LogP contribution in [0.1, 0.15) is 51.9 Å². The van der Waals surface area contributed by atoms with Gasteiger partial charge in [0.15, 0.2) is 0 Å². The Balaban J connectivity index is 2.19. The van der Waals surface area contributed by atoms with E-state index in [0.717, 1.165) is 12.8 Å². The molecule has 5 nitrogen and oxygen atoms in total. The third-order valence-corrected chi connectivity index (χ3v) is 3.87. The van der Waals surface area contributed by atoms with Crippen molar-refractivity contribution in [2.75, 3.05) is 13.6 Å². The molecule has 1 saturated carbocycles. The highest BCUT2D eigenvalue weighted by Gasteiger charge is 2.24. The molecule has 1 rings (SSSR count). The summed E-state index contributed by atoms with van der Waals surface area (Å²) in [6.45, 7) is 2.79. The standard InChI is InChI=1S/C14H26N2O3/c1-11-6-5-7-12(10-11)16(2)14(19)15-9-4-3-8-13(17)18/h11-12H,3-10H2,1-2H3,(H,15,19)(H,17,18). The van der Waals surface area contributed by atoms with Crippen LogP contribution in [0, 0.1) is 5.92 Å². The smallest absolute Gasteiger partial charge is 0.317 e. The van der Waals surface area contributed by atoms with Crippen molar-refractivity contribution in [1.82, 2.24) is 10.2 Å². The quantitative estimate of drug-likeness (QED) is 0.728. The first-order chi connectivity index (χ1) is 9.00. The monoisotopic (exact) mass is 270 g/mol. The van der Waals surface area contributed by atoms with Crippen LogP contribution < -0.4 is 5.32 Å². The fraction of sp³-hybridized carbons (Fsp3) is 0.857. The van der Waals surface area contributed by atoms with Crippen LogP contribution in [0.25, 0.3) is 0 Å². The number of carbonyl (C=O) groups is 2. The predicted octanol–water partition coefficient (Wildman–Crippen LogP) is 2.46. The number of aliphatic carboxylic acids is 1. The highest BCUT2D eigenvalue weighted by Crippen LogP contribution is 2.26. The number of carbonyl (C=O) groups excluding carboxylic acids is 1. The minimum Gasteiger partial charge on any atom is -0.481 e. The molecule has 2 atom stereocenters. The number of hydrogen-bond donors (Lipinski definition) is 2. The Bertz CT molecular complexity index is 307. The van der Waals surface area contributed by atoms with Crippen molar-refractivity contribution in [2.45, 2.75) is 57.9 Å². The summed E-state index contributed by atoms with van der Waals surface area (Å²) in [6.07, 6.45) is 6.14. The normalized spacial score (nSPS) is 22.8. The van der Waals surface area contributed by atoms with E-state index in [1.165, 1.54) is 12.8 Å². The van der Waals surface area contributed by atoms with Gasteiger partial charge < -0.3 is 15.3 Å². The molecule has 1 aliphatic carbocycles. The maximum Gasteiger partial charge on any atom is 0.317 e. The second kappa shape index (κ2) is 8.02. The molecule has 0 bridgehead atoms. The van der Waals surface area contributed by atoms with E-state index < -0.39 is 5.97 Å². The van der Waals surface area contributed by atoms with Gasteiger partial charge in [0.1, 0.15) is 0 Å². The lowest BCUT2D eigenvalue weighted by atomic mass is 9.86. The van der Waals surface area contributed by atoms with Gasteiger partial charge in [-0.3, -0.25) is 4.79 Å². The summed E-state index contributed by atoms with van der Waals surface area (Å²) >= 11 is 0. The van der Waals surface area contributed by atoms with Crippen LogP contribution in [0.4, 0.5) is 4.79 Å². The molecule has 0 aromatic carbocycles. The summed E-state index contributed by atoms with van der Waals surface area (Å²) < 4.78 is 0. The molecule has 0 aliphatic heterocycles. The zero-order valence-corrected chi connectivity index (χ0v) is 12.0. The molecule has 0 heterocycles. The highest BCUT2D eigenvalue weighted by atomic mass is 16.4. The van der Waals surface area contributed by atoms with E-state index in [4.69, 9.17) is 5.11 Å². The van der Waals surface area contributed by atoms with E-state index in [2.05, 4.69) is 12.2 Å². The molecule has 19 heavy (non-hydrogen) atoms. The van der Waals surface area contributed by atoms with E-state index >= 15 is 0 Å². The van der Waals surface area contributed by atoms with Crippen LogP contribution in [-0.4, -0.2) is 41.6 Å². The first-order valence-corrected chi connectivity index (χ1v) is 7.23. The van der Waals surface area contributed by atoms with Gasteiger partial charge in [-0.25, -0.2) is 4.79 Å². The molecule has 1 fully saturated rings. The second-order valence-electron chi connectivity index (χ2n) is 5.62. The second-order valence-corrected chi connectivity index (χ2v) is 5.62. The number of nitrogens with one attached hydrogen (secondary N) is 1. The highest BCUT2D eigenvalue weighted by molar-refractivity contribution is 5.74. The van der Waals surface area contributed by atoms with Crippen LogP contribution in [0.3, 0.4) is 0 Å². The Morgan fingerprint density at radius 1 is 1.32 bits per heavy atom. The largest absolute Gasteiger partial charge is 0.481 e. The van der Waals surface area contributed by atoms with Crippen molar-refractivity contribution in [3.8, 4) is 0 Å². The van der Waals surface area contributed by atoms with E-state index in [1.807, 2.05) is 11.9 Å². The Morgan fingerprint density at radius 3 is 2.68 bits per heavy atom. The zero-order valence-electron chi connectivity index (χ0n) is 12.0. The van der Waals surface area contributed by atoms with Gasteiger partial charge in [0.05, 0.1) is 0 Å². The molecule has 0 aromatic heterocycles. The first-order valence-electron chi connectivity index (χ1n) is 7.23. The third-order valence-electron chi connectivity index (χ3n) is 3.87. The number of nitrogens with zero attached hydrogens (tertiary/aromatic N) is 1. The molecule has 0 spiro atoms. The van der Waals surface area contributed by atoms with Crippen molar-refractivity contribution < 1.29 is 14.7 Å². The number of carboxylic acid groups (broad SMARTS) is 1. The van der Waals surface area contributed by atoms with Crippen molar-refractivity contribution >= 4 is 12.0 Å². The third kappa shape index (κ3) is 5.94. The average Bonchev–Trinajstić information content (AvgIpc) is 2.36. The van der Waals surface area contributed by atoms with Crippen molar-refractivity contribution in [3.63, 3.8) is 0 Å². The van der Waals surface area contributed by atoms with Crippen LogP contribution in [0.2, 0.25) is 0 Å². The lowest BCUT2D eigenvalue weighted by molar-refractivity contribution is -0.137. The molecule has 110 valence electrons. The number of hydrogen-bond acceptors (Lipinski definition) is 2. The van der Waals surface area contributed by atoms with Gasteiger partial charge in [0.25, 0.3) is 0 Å². The summed E-state index contributed by atoms with van der Waals surface area (Å²) in [7, 11) is 1.86. The van der Waals surface area contributed by atoms with Crippen LogP contribution in [-0.2, 0) is 4.79 Å². The minimum atomic E-state index is -0.778. The van der Waals surface area contributed by atoms with Crippen molar-refractivity contribution in [1.29, 1.82) is 0 Å². The van der Waals surface area contributed by atoms with Gasteiger partial charge in [-0.2, -0.15) is 0 Å². The van der Waals surface area contributed by atoms with Crippen molar-refractivity contribution in [2.24, 2.45) is 5.92 Å². The Hall–Kier alpha value is -1.26. The summed E-state index contributed by atoms with van der Waals surface area (Å²) in [5.41, 5.74) is 0. The number of amides is 2. The van der Waals surface area contributed by atoms with Gasteiger partial charge in [-0.05, 0) is 31.6 Å². The molecule has 2 amide bonds. The van der Waals surface area contributed by atoms with Gasteiger partial charge in [0.2, 0.25) is 0 Å². The number of carboxylic acids is 1. The lowest BCUT2D eigenvalue weighted by Crippen LogP contribution is -2.45. The molecule has 0 saturated heterocycles. The fourth-order valence-corrected chi connectivity index (χ4v) is 2.64. The number of rotatable bonds is 6. The molecule has 0 aromatic rings. The number of urea groups is 1. The van der Waals surface area contributed by atoms with Gasteiger partial charge in [-0.1, -0.05) is 19.8 Å². The Labute approximate surface area is 115 Å². The van der Waals surface area contributed by atoms with Gasteiger partial charge in [0, 0.05) is 26.1 Å². The van der Waals surface area contributed by atoms with Crippen LogP contribution in [0.5, 0.6) is 0 Å². The molecule has 0 radical (unpaired) electrons. The maximum atomic E-state index is 11.9. The molecule has 2 unspecified atom stereocenters. The zero-order chi connectivity index (χ0) is 14.3. The summed E-state index contributed by atoms with van der Waals surface area (Å²) in [4.78, 5) is 24.1. The van der Waals surface area contributed by atoms with Gasteiger partial charge >= 0.3 is 12.0 Å². The molecule has 1 aliphatic rings. The summed E-state index contributed by atoms with van der Waals surface area (Å²) in [5.74, 6) is -0.0794. The molecule has 5 heteroatoms. The fourth-order valence-electron chi connectivity index (χ4n) is 2.64. The molecular weight excluding hydrogens is 244 g/mol. The van der Waals surface area contributed by atoms with Gasteiger partial charge in [-0.15, -0.1) is 0 Å². The van der Waals surface area contributed by atoms with Crippen molar-refractivity contribution in [3.05, 3.63) is 0 Å². The summed E-state index contributed by atoms with van der Waals surface area (Å²) in [5, 5.41) is 11.4. The molecular formula is C14H26N2O3. The SMILES string of the molecule is CC1CCCC(N(C)C(=O)NCCCCC(=O)O)C1. The topological polar surface area (TPSA) is 69.6 Å². The lowest BCUT2D eigenvalue weighted by Gasteiger charge is -2.34. The van der Waals surface area contributed by atoms with E-state index in [-0.39, 0.29) is 12.5 Å². The molecule has 2 N–H and O–H groups in total. The van der Waals surface area contributed by atoms with E-state index in [9.17, 15) is 9.59 Å². The van der Waals surface area contributed by atoms with Crippen LogP contribution in [0.15, 0.2) is 0 Å². The number of unbranched alkanes of at least 4 members (excludes halogenated alkanes) is 1. The predicted molar refractivity (Wildman–Crippen MR) is 74.1 cm³/mol. The van der Waals surface area contributed by atoms with E-state index in [0.29, 0.717) is 31.3 Å². The average molecular weight is 270 g/mol. The first kappa shape index (κ1) is 15.8. The van der Waals surface area contributed by atoms with E-state index in [1.54, 1.807) is 0 Å². The summed E-state index contributed by atoms with van der Waals surface area (Å²) in [6, 6.07) is 0.317. The Kier molecular flexibility index (Phi) is 6.67. The minimum absolute atomic E-state index is 0.0329. The Morgan fingerprint density at radius 2 is 2.05 bits per heavy atom.